The summed E-state index contributed by atoms with van der Waals surface area (Å²) in [6.07, 6.45) is 90.7. The minimum absolute atomic E-state index is 0.0863. The number of unbranched alkanes of at least 4 members (excludes halogenated alkanes) is 38. The first-order valence-corrected chi connectivity index (χ1v) is 34.6. The first-order valence-electron chi connectivity index (χ1n) is 34.6. The molecule has 0 heterocycles. The van der Waals surface area contributed by atoms with Crippen LogP contribution in [0.25, 0.3) is 0 Å². The molecule has 1 atom stereocenters. The molecule has 6 heteroatoms. The number of hydrogen-bond donors (Lipinski definition) is 0. The standard InChI is InChI=1S/C74H130O6/c1-4-7-10-13-16-19-22-24-26-28-29-30-31-32-33-34-35-36-37-38-39-40-41-42-43-44-45-47-48-50-52-55-58-61-64-67-73(76)79-70-71(69-78-72(75)66-63-60-57-54-21-18-15-12-9-6-3)80-74(77)68-65-62-59-56-53-51-49-46-27-25-23-20-17-14-11-8-5-2/h8,11-12,15,17,20,22,24-25,27-29,49,51,71H,4-7,9-10,13-14,16,18-19,21,23,26,30-48,50,52-70H2,1-3H3/b11-8-,15-12-,20-17-,24-22-,27-25-,29-28-,51-49-. The minimum atomic E-state index is -0.792. The van der Waals surface area contributed by atoms with E-state index in [9.17, 15) is 14.4 Å². The van der Waals surface area contributed by atoms with E-state index in [1.807, 2.05) is 0 Å². The molecule has 0 aliphatic heterocycles. The van der Waals surface area contributed by atoms with Gasteiger partial charge in [0, 0.05) is 19.3 Å². The zero-order valence-corrected chi connectivity index (χ0v) is 53.1. The Kier molecular flexibility index (Phi) is 65.2. The highest BCUT2D eigenvalue weighted by Crippen LogP contribution is 2.18. The van der Waals surface area contributed by atoms with Gasteiger partial charge in [-0.05, 0) is 109 Å². The molecule has 0 amide bonds. The summed E-state index contributed by atoms with van der Waals surface area (Å²) in [7, 11) is 0. The fraction of sp³-hybridized carbons (Fsp3) is 0.770. The predicted molar refractivity (Wildman–Crippen MR) is 348 cm³/mol. The van der Waals surface area contributed by atoms with E-state index in [0.717, 1.165) is 116 Å². The van der Waals surface area contributed by atoms with Crippen molar-refractivity contribution >= 4 is 17.9 Å². The first-order chi connectivity index (χ1) is 39.5. The lowest BCUT2D eigenvalue weighted by atomic mass is 10.0. The van der Waals surface area contributed by atoms with Crippen LogP contribution in [0.5, 0.6) is 0 Å². The molecule has 0 spiro atoms. The summed E-state index contributed by atoms with van der Waals surface area (Å²) >= 11 is 0. The van der Waals surface area contributed by atoms with Crippen LogP contribution in [0.3, 0.4) is 0 Å². The lowest BCUT2D eigenvalue weighted by molar-refractivity contribution is -0.167. The largest absolute Gasteiger partial charge is 0.462 e. The molecule has 0 fully saturated rings. The van der Waals surface area contributed by atoms with Gasteiger partial charge in [0.05, 0.1) is 0 Å². The zero-order valence-electron chi connectivity index (χ0n) is 53.1. The molecule has 0 radical (unpaired) electrons. The number of esters is 3. The second-order valence-electron chi connectivity index (χ2n) is 23.1. The summed E-state index contributed by atoms with van der Waals surface area (Å²) in [5, 5.41) is 0. The summed E-state index contributed by atoms with van der Waals surface area (Å²) in [5.41, 5.74) is 0. The molecule has 0 aliphatic rings. The smallest absolute Gasteiger partial charge is 0.306 e. The SMILES string of the molecule is CC/C=C\C/C=C\C/C=C\C/C=C\CCCCCCC(=O)OC(COC(=O)CCCCCCC/C=C\CCC)COC(=O)CCCCCCCCCCCCCCCCCCCCCCCCC/C=C\C/C=C\CCCCCCC. The Morgan fingerprint density at radius 3 is 0.825 bits per heavy atom. The van der Waals surface area contributed by atoms with Gasteiger partial charge in [0.25, 0.3) is 0 Å². The molecule has 0 aromatic carbocycles. The lowest BCUT2D eigenvalue weighted by Crippen LogP contribution is -2.30. The van der Waals surface area contributed by atoms with Gasteiger partial charge in [0.1, 0.15) is 13.2 Å². The Bertz CT molecular complexity index is 1520. The van der Waals surface area contributed by atoms with E-state index in [1.165, 1.54) is 193 Å². The van der Waals surface area contributed by atoms with Crippen molar-refractivity contribution in [1.82, 2.24) is 0 Å². The van der Waals surface area contributed by atoms with E-state index >= 15 is 0 Å². The zero-order chi connectivity index (χ0) is 57.8. The van der Waals surface area contributed by atoms with Crippen molar-refractivity contribution in [1.29, 1.82) is 0 Å². The third-order valence-electron chi connectivity index (χ3n) is 15.1. The van der Waals surface area contributed by atoms with Crippen LogP contribution in [-0.4, -0.2) is 37.2 Å². The van der Waals surface area contributed by atoms with Gasteiger partial charge in [-0.15, -0.1) is 0 Å². The molecule has 0 aliphatic carbocycles. The molecule has 0 saturated heterocycles. The van der Waals surface area contributed by atoms with Gasteiger partial charge in [-0.3, -0.25) is 14.4 Å². The fourth-order valence-corrected chi connectivity index (χ4v) is 9.94. The Balaban J connectivity index is 4.06. The first kappa shape index (κ1) is 76.6. The van der Waals surface area contributed by atoms with Gasteiger partial charge in [-0.2, -0.15) is 0 Å². The summed E-state index contributed by atoms with van der Waals surface area (Å²) in [6, 6.07) is 0. The highest BCUT2D eigenvalue weighted by Gasteiger charge is 2.19. The van der Waals surface area contributed by atoms with Crippen molar-refractivity contribution in [2.45, 2.75) is 354 Å². The highest BCUT2D eigenvalue weighted by atomic mass is 16.6. The molecule has 462 valence electrons. The topological polar surface area (TPSA) is 78.9 Å². The second kappa shape index (κ2) is 68.1. The van der Waals surface area contributed by atoms with Crippen LogP contribution in [0.4, 0.5) is 0 Å². The average Bonchev–Trinajstić information content (AvgIpc) is 3.46. The molecule has 1 unspecified atom stereocenters. The van der Waals surface area contributed by atoms with Crippen molar-refractivity contribution < 1.29 is 28.6 Å². The number of hydrogen-bond acceptors (Lipinski definition) is 6. The Morgan fingerprint density at radius 1 is 0.263 bits per heavy atom. The molecular weight excluding hydrogens is 985 g/mol. The van der Waals surface area contributed by atoms with Crippen LogP contribution < -0.4 is 0 Å². The lowest BCUT2D eigenvalue weighted by Gasteiger charge is -2.18. The predicted octanol–water partition coefficient (Wildman–Crippen LogP) is 23.8. The maximum absolute atomic E-state index is 12.9. The Morgan fingerprint density at radius 2 is 0.512 bits per heavy atom. The summed E-state index contributed by atoms with van der Waals surface area (Å²) < 4.78 is 16.9. The van der Waals surface area contributed by atoms with Crippen molar-refractivity contribution in [3.8, 4) is 0 Å². The summed E-state index contributed by atoms with van der Waals surface area (Å²) in [5.74, 6) is -0.909. The summed E-state index contributed by atoms with van der Waals surface area (Å²) in [4.78, 5) is 38.2. The van der Waals surface area contributed by atoms with Gasteiger partial charge in [0.15, 0.2) is 6.10 Å². The quantitative estimate of drug-likeness (QED) is 0.0261. The number of carbonyl (C=O) groups is 3. The molecule has 0 N–H and O–H groups in total. The molecule has 0 aromatic heterocycles. The molecule has 0 saturated carbocycles. The van der Waals surface area contributed by atoms with E-state index < -0.39 is 6.10 Å². The maximum atomic E-state index is 12.9. The van der Waals surface area contributed by atoms with Crippen LogP contribution in [0, 0.1) is 0 Å². The van der Waals surface area contributed by atoms with Crippen molar-refractivity contribution in [2.24, 2.45) is 0 Å². The van der Waals surface area contributed by atoms with Crippen molar-refractivity contribution in [3.05, 3.63) is 85.1 Å². The van der Waals surface area contributed by atoms with Crippen LogP contribution >= 0.6 is 0 Å². The summed E-state index contributed by atoms with van der Waals surface area (Å²) in [6.45, 7) is 6.46. The average molecular weight is 1120 g/mol. The monoisotopic (exact) mass is 1110 g/mol. The van der Waals surface area contributed by atoms with E-state index in [-0.39, 0.29) is 31.1 Å². The maximum Gasteiger partial charge on any atom is 0.306 e. The number of rotatable bonds is 63. The molecule has 0 bridgehead atoms. The minimum Gasteiger partial charge on any atom is -0.462 e. The van der Waals surface area contributed by atoms with E-state index in [1.54, 1.807) is 0 Å². The van der Waals surface area contributed by atoms with Crippen molar-refractivity contribution in [3.63, 3.8) is 0 Å². The third kappa shape index (κ3) is 65.4. The van der Waals surface area contributed by atoms with Crippen LogP contribution in [-0.2, 0) is 28.6 Å². The van der Waals surface area contributed by atoms with Gasteiger partial charge in [0.2, 0.25) is 0 Å². The molecule has 6 nitrogen and oxygen atoms in total. The third-order valence-corrected chi connectivity index (χ3v) is 15.1. The highest BCUT2D eigenvalue weighted by molar-refractivity contribution is 5.71. The van der Waals surface area contributed by atoms with Crippen LogP contribution in [0.2, 0.25) is 0 Å². The van der Waals surface area contributed by atoms with Gasteiger partial charge in [-0.25, -0.2) is 0 Å². The van der Waals surface area contributed by atoms with E-state index in [2.05, 4.69) is 106 Å². The molecular formula is C74H130O6. The normalized spacial score (nSPS) is 12.6. The fourth-order valence-electron chi connectivity index (χ4n) is 9.94. The molecule has 0 rings (SSSR count). The van der Waals surface area contributed by atoms with Gasteiger partial charge >= 0.3 is 17.9 Å². The second-order valence-corrected chi connectivity index (χ2v) is 23.1. The number of carbonyl (C=O) groups excluding carboxylic acids is 3. The van der Waals surface area contributed by atoms with Gasteiger partial charge < -0.3 is 14.2 Å². The number of allylic oxidation sites excluding steroid dienone is 14. The molecule has 0 aromatic rings. The van der Waals surface area contributed by atoms with Crippen LogP contribution in [0.1, 0.15) is 348 Å². The van der Waals surface area contributed by atoms with Gasteiger partial charge in [-0.1, -0.05) is 305 Å². The Hall–Kier alpha value is -3.41. The van der Waals surface area contributed by atoms with Crippen LogP contribution in [0.15, 0.2) is 85.1 Å². The van der Waals surface area contributed by atoms with Crippen molar-refractivity contribution in [2.75, 3.05) is 13.2 Å². The van der Waals surface area contributed by atoms with E-state index in [0.29, 0.717) is 19.3 Å². The Labute approximate surface area is 496 Å². The number of ether oxygens (including phenoxy) is 3. The molecule has 80 heavy (non-hydrogen) atoms. The van der Waals surface area contributed by atoms with E-state index in [4.69, 9.17) is 14.2 Å².